The average Bonchev–Trinajstić information content (AvgIpc) is 2.32. The maximum atomic E-state index is 11.1. The third kappa shape index (κ3) is 3.61. The van der Waals surface area contributed by atoms with E-state index in [2.05, 4.69) is 0 Å². The van der Waals surface area contributed by atoms with Gasteiger partial charge in [0.2, 0.25) is 0 Å². The number of halogens is 5. The summed E-state index contributed by atoms with van der Waals surface area (Å²) in [5.41, 5.74) is 0. The molecular formula is C6H3Cl5O4P2. The topological polar surface area (TPSA) is 44.8 Å². The maximum absolute atomic E-state index is 11.1. The molecule has 0 fully saturated rings. The van der Waals surface area contributed by atoms with Crippen molar-refractivity contribution in [2.24, 2.45) is 0 Å². The van der Waals surface area contributed by atoms with Crippen molar-refractivity contribution in [3.05, 3.63) is 18.2 Å². The number of para-hydroxylation sites is 1. The Bertz CT molecular complexity index is 521. The zero-order valence-electron chi connectivity index (χ0n) is 7.65. The summed E-state index contributed by atoms with van der Waals surface area (Å²) in [6, 6.07) is 4.42. The van der Waals surface area contributed by atoms with Crippen molar-refractivity contribution in [1.82, 2.24) is 0 Å². The Balaban J connectivity index is 2.43. The van der Waals surface area contributed by atoms with Crippen LogP contribution in [0.4, 0.5) is 0 Å². The van der Waals surface area contributed by atoms with Crippen LogP contribution in [0.1, 0.15) is 0 Å². The van der Waals surface area contributed by atoms with E-state index in [-0.39, 0.29) is 17.2 Å². The fourth-order valence-electron chi connectivity index (χ4n) is 1.16. The Hall–Kier alpha value is 0.730. The molecule has 0 saturated carbocycles. The van der Waals surface area contributed by atoms with Gasteiger partial charge in [-0.2, -0.15) is 0 Å². The van der Waals surface area contributed by atoms with Crippen molar-refractivity contribution in [1.29, 1.82) is 0 Å². The minimum absolute atomic E-state index is 0.00620. The van der Waals surface area contributed by atoms with Gasteiger partial charge in [0.1, 0.15) is 0 Å². The molecule has 0 amide bonds. The van der Waals surface area contributed by atoms with Crippen molar-refractivity contribution in [3.8, 4) is 17.2 Å². The molecule has 0 radical (unpaired) electrons. The first-order valence-electron chi connectivity index (χ1n) is 3.93. The number of benzene rings is 1. The van der Waals surface area contributed by atoms with Gasteiger partial charge in [-0.1, -0.05) is 0 Å². The Labute approximate surface area is 120 Å². The molecule has 1 aliphatic heterocycles. The minimum atomic E-state index is -4.26. The molecule has 17 heavy (non-hydrogen) atoms. The second-order valence-electron chi connectivity index (χ2n) is 2.95. The van der Waals surface area contributed by atoms with Gasteiger partial charge < -0.3 is 0 Å². The standard InChI is InChI=1S/C6H3Cl5O4P2/c7-16(8,12)13-4-2-1-3-5-6(4)15-17(9,10,11)14-5/h1-3H. The summed E-state index contributed by atoms with van der Waals surface area (Å²) in [6.45, 7) is 0. The van der Waals surface area contributed by atoms with Crippen LogP contribution in [-0.4, -0.2) is 0 Å². The van der Waals surface area contributed by atoms with Gasteiger partial charge in [0, 0.05) is 0 Å². The van der Waals surface area contributed by atoms with Gasteiger partial charge in [0.25, 0.3) is 0 Å². The molecule has 0 unspecified atom stereocenters. The van der Waals surface area contributed by atoms with Crippen LogP contribution in [0.15, 0.2) is 18.2 Å². The molecule has 0 bridgehead atoms. The normalized spacial score (nSPS) is 22.5. The fourth-order valence-corrected chi connectivity index (χ4v) is 4.21. The van der Waals surface area contributed by atoms with Gasteiger partial charge in [-0.25, -0.2) is 0 Å². The Morgan fingerprint density at radius 2 is 1.82 bits per heavy atom. The molecule has 0 aromatic heterocycles. The monoisotopic (exact) mass is 376 g/mol. The Kier molecular flexibility index (Phi) is 3.42. The van der Waals surface area contributed by atoms with Crippen molar-refractivity contribution >= 4 is 67.4 Å². The van der Waals surface area contributed by atoms with E-state index < -0.39 is 11.2 Å². The third-order valence-electron chi connectivity index (χ3n) is 1.62. The van der Waals surface area contributed by atoms with Gasteiger partial charge in [-0.05, 0) is 0 Å². The zero-order valence-corrected chi connectivity index (χ0v) is 13.2. The molecule has 11 heteroatoms. The molecule has 0 N–H and O–H groups in total. The number of hydrogen-bond acceptors (Lipinski definition) is 4. The van der Waals surface area contributed by atoms with E-state index in [4.69, 9.17) is 69.8 Å². The van der Waals surface area contributed by atoms with Crippen molar-refractivity contribution in [3.63, 3.8) is 0 Å². The van der Waals surface area contributed by atoms with Crippen molar-refractivity contribution in [2.75, 3.05) is 0 Å². The Morgan fingerprint density at radius 3 is 2.41 bits per heavy atom. The Morgan fingerprint density at radius 1 is 1.18 bits per heavy atom. The van der Waals surface area contributed by atoms with Crippen LogP contribution in [0.5, 0.6) is 17.2 Å². The van der Waals surface area contributed by atoms with Gasteiger partial charge in [0.05, 0.1) is 0 Å². The molecule has 0 saturated heterocycles. The quantitative estimate of drug-likeness (QED) is 0.569. The molecule has 1 aromatic carbocycles. The van der Waals surface area contributed by atoms with Gasteiger partial charge >= 0.3 is 121 Å². The zero-order chi connectivity index (χ0) is 12.9. The van der Waals surface area contributed by atoms with Gasteiger partial charge in [-0.15, -0.1) is 0 Å². The van der Waals surface area contributed by atoms with E-state index >= 15 is 0 Å². The van der Waals surface area contributed by atoms with Gasteiger partial charge in [0.15, 0.2) is 0 Å². The SMILES string of the molecule is O=P(Cl)(Cl)Oc1cccc2c1OP(Cl)(Cl)(Cl)O2. The number of fused-ring (bicyclic) bond motifs is 1. The van der Waals surface area contributed by atoms with E-state index in [0.717, 1.165) is 0 Å². The fraction of sp³-hybridized carbons (Fsp3) is 0. The van der Waals surface area contributed by atoms with Crippen LogP contribution in [0, 0.1) is 0 Å². The van der Waals surface area contributed by atoms with Crippen LogP contribution in [-0.2, 0) is 4.57 Å². The average molecular weight is 378 g/mol. The first-order valence-corrected chi connectivity index (χ1v) is 12.2. The van der Waals surface area contributed by atoms with E-state index in [1.807, 2.05) is 0 Å². The predicted molar refractivity (Wildman–Crippen MR) is 72.1 cm³/mol. The molecule has 1 heterocycles. The molecule has 96 valence electrons. The van der Waals surface area contributed by atoms with E-state index in [1.165, 1.54) is 18.2 Å². The van der Waals surface area contributed by atoms with Crippen LogP contribution in [0.25, 0.3) is 0 Å². The van der Waals surface area contributed by atoms with Crippen LogP contribution < -0.4 is 13.6 Å². The summed E-state index contributed by atoms with van der Waals surface area (Å²) in [5.74, 6) is 0.137. The summed E-state index contributed by atoms with van der Waals surface area (Å²) in [7, 11) is 0. The summed E-state index contributed by atoms with van der Waals surface area (Å²) in [6.07, 6.45) is -3.79. The summed E-state index contributed by atoms with van der Waals surface area (Å²) >= 11 is 27.9. The molecule has 4 nitrogen and oxygen atoms in total. The molecule has 0 spiro atoms. The second-order valence-corrected chi connectivity index (χ2v) is 16.0. The molecule has 0 atom stereocenters. The first kappa shape index (κ1) is 14.1. The van der Waals surface area contributed by atoms with E-state index in [0.29, 0.717) is 0 Å². The first-order chi connectivity index (χ1) is 7.54. The number of hydrogen-bond donors (Lipinski definition) is 0. The molecule has 2 rings (SSSR count). The molecular weight excluding hydrogens is 375 g/mol. The van der Waals surface area contributed by atoms with Crippen LogP contribution in [0.2, 0.25) is 0 Å². The molecule has 1 aromatic rings. The van der Waals surface area contributed by atoms with E-state index in [9.17, 15) is 4.57 Å². The molecule has 0 aliphatic carbocycles. The third-order valence-corrected chi connectivity index (χ3v) is 4.63. The summed E-state index contributed by atoms with van der Waals surface area (Å²) in [4.78, 5) is 0. The van der Waals surface area contributed by atoms with Crippen molar-refractivity contribution in [2.45, 2.75) is 0 Å². The van der Waals surface area contributed by atoms with Crippen LogP contribution >= 0.6 is 67.4 Å². The summed E-state index contributed by atoms with van der Waals surface area (Å²) < 4.78 is 26.1. The summed E-state index contributed by atoms with van der Waals surface area (Å²) in [5, 5.41) is -4.26. The van der Waals surface area contributed by atoms with Gasteiger partial charge in [-0.3, -0.25) is 0 Å². The molecule has 1 aliphatic rings. The van der Waals surface area contributed by atoms with Crippen molar-refractivity contribution < 1.29 is 18.1 Å². The second kappa shape index (κ2) is 4.11. The number of rotatable bonds is 2. The van der Waals surface area contributed by atoms with E-state index in [1.54, 1.807) is 0 Å². The van der Waals surface area contributed by atoms with Crippen LogP contribution in [0.3, 0.4) is 0 Å². The predicted octanol–water partition coefficient (Wildman–Crippen LogP) is 6.27.